The first-order valence-electron chi connectivity index (χ1n) is 7.95. The van der Waals surface area contributed by atoms with Gasteiger partial charge >= 0.3 is 0 Å². The van der Waals surface area contributed by atoms with Crippen molar-refractivity contribution in [2.45, 2.75) is 16.7 Å². The molecule has 0 saturated carbocycles. The maximum atomic E-state index is 12.6. The number of hydrogen-bond acceptors (Lipinski definition) is 3. The van der Waals surface area contributed by atoms with Crippen LogP contribution in [0.1, 0.15) is 15.9 Å². The maximum Gasteiger partial charge on any atom is 0.255 e. The summed E-state index contributed by atoms with van der Waals surface area (Å²) in [4.78, 5) is 14.7. The topological polar surface area (TPSA) is 38.3 Å². The third kappa shape index (κ3) is 4.22. The summed E-state index contributed by atoms with van der Waals surface area (Å²) >= 11 is 1.63. The average Bonchev–Trinajstić information content (AvgIpc) is 2.64. The van der Waals surface area contributed by atoms with E-state index in [-0.39, 0.29) is 5.91 Å². The second kappa shape index (κ2) is 7.90. The number of benzene rings is 3. The average molecular weight is 349 g/mol. The highest BCUT2D eigenvalue weighted by Crippen LogP contribution is 2.33. The lowest BCUT2D eigenvalue weighted by Gasteiger charge is -2.12. The number of hydrogen-bond donors (Lipinski definition) is 1. The van der Waals surface area contributed by atoms with Gasteiger partial charge in [0.05, 0.1) is 12.8 Å². The number of nitrogens with one attached hydrogen (secondary N) is 1. The molecule has 0 aliphatic carbocycles. The fraction of sp³-hybridized carbons (Fsp3) is 0.0952. The van der Waals surface area contributed by atoms with Crippen LogP contribution >= 0.6 is 11.8 Å². The summed E-state index contributed by atoms with van der Waals surface area (Å²) < 4.78 is 5.25. The minimum atomic E-state index is -0.133. The molecule has 0 saturated heterocycles. The molecule has 0 heterocycles. The Morgan fingerprint density at radius 2 is 1.68 bits per heavy atom. The number of rotatable bonds is 5. The minimum absolute atomic E-state index is 0.133. The SMILES string of the molecule is COc1ccc(C(=O)Nc2ccccc2Sc2ccccc2)cc1C. The van der Waals surface area contributed by atoms with Gasteiger partial charge in [-0.1, -0.05) is 42.1 Å². The second-order valence-corrected chi connectivity index (χ2v) is 6.67. The quantitative estimate of drug-likeness (QED) is 0.669. The molecular weight excluding hydrogens is 330 g/mol. The Morgan fingerprint density at radius 3 is 2.40 bits per heavy atom. The van der Waals surface area contributed by atoms with Gasteiger partial charge in [0, 0.05) is 15.4 Å². The number of para-hydroxylation sites is 1. The fourth-order valence-corrected chi connectivity index (χ4v) is 3.41. The van der Waals surface area contributed by atoms with Gasteiger partial charge in [-0.2, -0.15) is 0 Å². The van der Waals surface area contributed by atoms with Crippen LogP contribution in [0.2, 0.25) is 0 Å². The van der Waals surface area contributed by atoms with Crippen molar-refractivity contribution in [2.75, 3.05) is 12.4 Å². The molecule has 0 bridgehead atoms. The summed E-state index contributed by atoms with van der Waals surface area (Å²) in [6.07, 6.45) is 0. The second-order valence-electron chi connectivity index (χ2n) is 5.55. The molecule has 25 heavy (non-hydrogen) atoms. The summed E-state index contributed by atoms with van der Waals surface area (Å²) in [6, 6.07) is 23.3. The van der Waals surface area contributed by atoms with E-state index in [4.69, 9.17) is 4.74 Å². The standard InChI is InChI=1S/C21H19NO2S/c1-15-14-16(12-13-19(15)24-2)21(23)22-18-10-6-7-11-20(18)25-17-8-4-3-5-9-17/h3-14H,1-2H3,(H,22,23). The Hall–Kier alpha value is -2.72. The molecule has 0 aliphatic rings. The summed E-state index contributed by atoms with van der Waals surface area (Å²) in [7, 11) is 1.62. The highest BCUT2D eigenvalue weighted by atomic mass is 32.2. The van der Waals surface area contributed by atoms with E-state index < -0.39 is 0 Å². The van der Waals surface area contributed by atoms with Crippen molar-refractivity contribution >= 4 is 23.4 Å². The van der Waals surface area contributed by atoms with Crippen LogP contribution in [0.3, 0.4) is 0 Å². The monoisotopic (exact) mass is 349 g/mol. The van der Waals surface area contributed by atoms with E-state index in [1.807, 2.05) is 61.5 Å². The first-order valence-corrected chi connectivity index (χ1v) is 8.77. The van der Waals surface area contributed by atoms with Gasteiger partial charge in [-0.05, 0) is 55.0 Å². The molecule has 0 unspecified atom stereocenters. The number of amides is 1. The smallest absolute Gasteiger partial charge is 0.255 e. The Labute approximate surface area is 152 Å². The third-order valence-electron chi connectivity index (χ3n) is 3.76. The van der Waals surface area contributed by atoms with Gasteiger partial charge in [0.15, 0.2) is 0 Å². The Balaban J connectivity index is 1.81. The van der Waals surface area contributed by atoms with Gasteiger partial charge in [0.25, 0.3) is 5.91 Å². The van der Waals surface area contributed by atoms with Crippen molar-refractivity contribution in [1.29, 1.82) is 0 Å². The number of ether oxygens (including phenoxy) is 1. The highest BCUT2D eigenvalue weighted by Gasteiger charge is 2.11. The zero-order chi connectivity index (χ0) is 17.6. The predicted octanol–water partition coefficient (Wildman–Crippen LogP) is 5.41. The molecule has 3 rings (SSSR count). The first-order chi connectivity index (χ1) is 12.2. The summed E-state index contributed by atoms with van der Waals surface area (Å²) in [5, 5.41) is 3.01. The molecule has 3 aromatic rings. The fourth-order valence-electron chi connectivity index (χ4n) is 2.49. The molecule has 0 aliphatic heterocycles. The van der Waals surface area contributed by atoms with Crippen LogP contribution in [-0.4, -0.2) is 13.0 Å². The van der Waals surface area contributed by atoms with Crippen molar-refractivity contribution in [3.8, 4) is 5.75 Å². The summed E-state index contributed by atoms with van der Waals surface area (Å²) in [5.41, 5.74) is 2.34. The van der Waals surface area contributed by atoms with Crippen LogP contribution in [0.25, 0.3) is 0 Å². The lowest BCUT2D eigenvalue weighted by Crippen LogP contribution is -2.12. The van der Waals surface area contributed by atoms with Gasteiger partial charge in [0.2, 0.25) is 0 Å². The lowest BCUT2D eigenvalue weighted by molar-refractivity contribution is 0.102. The summed E-state index contributed by atoms with van der Waals surface area (Å²) in [6.45, 7) is 1.93. The van der Waals surface area contributed by atoms with E-state index in [0.717, 1.165) is 26.8 Å². The normalized spacial score (nSPS) is 10.3. The molecule has 0 aromatic heterocycles. The van der Waals surface area contributed by atoms with Gasteiger partial charge in [-0.15, -0.1) is 0 Å². The van der Waals surface area contributed by atoms with Crippen LogP contribution in [0.5, 0.6) is 5.75 Å². The molecule has 1 N–H and O–H groups in total. The highest BCUT2D eigenvalue weighted by molar-refractivity contribution is 7.99. The number of anilines is 1. The molecule has 4 heteroatoms. The molecule has 0 spiro atoms. The molecule has 0 fully saturated rings. The van der Waals surface area contributed by atoms with Crippen LogP contribution in [0, 0.1) is 6.92 Å². The third-order valence-corrected chi connectivity index (χ3v) is 4.85. The number of aryl methyl sites for hydroxylation is 1. The van der Waals surface area contributed by atoms with Crippen LogP contribution in [0.15, 0.2) is 82.6 Å². The Morgan fingerprint density at radius 1 is 0.960 bits per heavy atom. The predicted molar refractivity (Wildman–Crippen MR) is 103 cm³/mol. The van der Waals surface area contributed by atoms with Crippen molar-refractivity contribution in [2.24, 2.45) is 0 Å². The zero-order valence-corrected chi connectivity index (χ0v) is 15.0. The zero-order valence-electron chi connectivity index (χ0n) is 14.2. The molecule has 126 valence electrons. The van der Waals surface area contributed by atoms with E-state index in [1.165, 1.54) is 0 Å². The largest absolute Gasteiger partial charge is 0.496 e. The van der Waals surface area contributed by atoms with Gasteiger partial charge < -0.3 is 10.1 Å². The van der Waals surface area contributed by atoms with Crippen molar-refractivity contribution in [3.63, 3.8) is 0 Å². The maximum absolute atomic E-state index is 12.6. The van der Waals surface area contributed by atoms with Crippen molar-refractivity contribution < 1.29 is 9.53 Å². The van der Waals surface area contributed by atoms with E-state index in [2.05, 4.69) is 17.4 Å². The van der Waals surface area contributed by atoms with Crippen LogP contribution in [0.4, 0.5) is 5.69 Å². The summed E-state index contributed by atoms with van der Waals surface area (Å²) in [5.74, 6) is 0.642. The molecule has 1 amide bonds. The first kappa shape index (κ1) is 17.1. The number of carbonyl (C=O) groups is 1. The molecule has 3 aromatic carbocycles. The Bertz CT molecular complexity index is 878. The molecule has 0 radical (unpaired) electrons. The molecule has 0 atom stereocenters. The Kier molecular flexibility index (Phi) is 5.41. The van der Waals surface area contributed by atoms with Crippen molar-refractivity contribution in [1.82, 2.24) is 0 Å². The van der Waals surface area contributed by atoms with Crippen LogP contribution < -0.4 is 10.1 Å². The van der Waals surface area contributed by atoms with E-state index in [0.29, 0.717) is 5.56 Å². The molecule has 3 nitrogen and oxygen atoms in total. The number of carbonyl (C=O) groups excluding carboxylic acids is 1. The van der Waals surface area contributed by atoms with Gasteiger partial charge in [-0.25, -0.2) is 0 Å². The van der Waals surface area contributed by atoms with E-state index in [1.54, 1.807) is 24.9 Å². The minimum Gasteiger partial charge on any atom is -0.496 e. The lowest BCUT2D eigenvalue weighted by atomic mass is 10.1. The molecular formula is C21H19NO2S. The van der Waals surface area contributed by atoms with E-state index in [9.17, 15) is 4.79 Å². The van der Waals surface area contributed by atoms with Crippen LogP contribution in [-0.2, 0) is 0 Å². The van der Waals surface area contributed by atoms with Crippen molar-refractivity contribution in [3.05, 3.63) is 83.9 Å². The van der Waals surface area contributed by atoms with Gasteiger partial charge in [0.1, 0.15) is 5.75 Å². The van der Waals surface area contributed by atoms with E-state index >= 15 is 0 Å². The van der Waals surface area contributed by atoms with Gasteiger partial charge in [-0.3, -0.25) is 4.79 Å². The number of methoxy groups -OCH3 is 1.